The number of nitrogens with zero attached hydrogens (tertiary/aromatic N) is 1. The van der Waals surface area contributed by atoms with E-state index in [0.717, 1.165) is 5.56 Å². The van der Waals surface area contributed by atoms with Crippen LogP contribution in [0, 0.1) is 6.92 Å². The summed E-state index contributed by atoms with van der Waals surface area (Å²) in [6.07, 6.45) is 0.607. The van der Waals surface area contributed by atoms with Gasteiger partial charge in [0.05, 0.1) is 11.1 Å². The maximum atomic E-state index is 12.2. The topological polar surface area (TPSA) is 66.5 Å². The Morgan fingerprint density at radius 3 is 2.36 bits per heavy atom. The molecule has 5 nitrogen and oxygen atoms in total. The summed E-state index contributed by atoms with van der Waals surface area (Å²) in [6.45, 7) is 2.10. The van der Waals surface area contributed by atoms with Crippen LogP contribution in [0.5, 0.6) is 0 Å². The van der Waals surface area contributed by atoms with Crippen LogP contribution in [-0.4, -0.2) is 29.2 Å². The molecule has 0 saturated carbocycles. The van der Waals surface area contributed by atoms with E-state index < -0.39 is 0 Å². The van der Waals surface area contributed by atoms with Gasteiger partial charge in [-0.2, -0.15) is 0 Å². The zero-order chi connectivity index (χ0) is 18.0. The summed E-state index contributed by atoms with van der Waals surface area (Å²) in [7, 11) is 0. The van der Waals surface area contributed by atoms with Crippen molar-refractivity contribution in [1.82, 2.24) is 4.90 Å². The SMILES string of the molecule is Cc1ccc(Cl)cc1NC(=O)CCCN1C(=O)c2ccccc2C1=O. The number of imide groups is 1. The van der Waals surface area contributed by atoms with E-state index in [1.54, 1.807) is 36.4 Å². The van der Waals surface area contributed by atoms with Gasteiger partial charge in [-0.1, -0.05) is 29.8 Å². The van der Waals surface area contributed by atoms with Gasteiger partial charge in [0.15, 0.2) is 0 Å². The summed E-state index contributed by atoms with van der Waals surface area (Å²) in [5.41, 5.74) is 2.43. The molecular weight excluding hydrogens is 340 g/mol. The van der Waals surface area contributed by atoms with Gasteiger partial charge in [-0.25, -0.2) is 0 Å². The molecule has 2 aromatic rings. The highest BCUT2D eigenvalue weighted by molar-refractivity contribution is 6.31. The van der Waals surface area contributed by atoms with Gasteiger partial charge in [0, 0.05) is 23.7 Å². The van der Waals surface area contributed by atoms with Crippen molar-refractivity contribution >= 4 is 35.0 Å². The average molecular weight is 357 g/mol. The number of halogens is 1. The normalized spacial score (nSPS) is 13.1. The highest BCUT2D eigenvalue weighted by Crippen LogP contribution is 2.23. The molecule has 0 atom stereocenters. The van der Waals surface area contributed by atoms with Crippen LogP contribution in [0.3, 0.4) is 0 Å². The number of carbonyl (C=O) groups excluding carboxylic acids is 3. The first-order valence-electron chi connectivity index (χ1n) is 7.98. The molecule has 0 fully saturated rings. The molecule has 1 N–H and O–H groups in total. The highest BCUT2D eigenvalue weighted by atomic mass is 35.5. The third-order valence-electron chi connectivity index (χ3n) is 4.14. The van der Waals surface area contributed by atoms with Crippen LogP contribution >= 0.6 is 11.6 Å². The molecule has 3 amide bonds. The van der Waals surface area contributed by atoms with Crippen molar-refractivity contribution in [3.8, 4) is 0 Å². The van der Waals surface area contributed by atoms with Crippen molar-refractivity contribution in [3.05, 3.63) is 64.2 Å². The molecule has 1 aliphatic rings. The van der Waals surface area contributed by atoms with Crippen molar-refractivity contribution in [2.24, 2.45) is 0 Å². The number of carbonyl (C=O) groups is 3. The number of hydrogen-bond donors (Lipinski definition) is 1. The Labute approximate surface area is 150 Å². The van der Waals surface area contributed by atoms with Crippen molar-refractivity contribution in [2.75, 3.05) is 11.9 Å². The van der Waals surface area contributed by atoms with Gasteiger partial charge in [0.25, 0.3) is 11.8 Å². The van der Waals surface area contributed by atoms with Crippen LogP contribution in [0.1, 0.15) is 39.1 Å². The predicted octanol–water partition coefficient (Wildman–Crippen LogP) is 3.66. The molecule has 2 aromatic carbocycles. The van der Waals surface area contributed by atoms with Gasteiger partial charge in [0.2, 0.25) is 5.91 Å². The summed E-state index contributed by atoms with van der Waals surface area (Å²) in [4.78, 5) is 37.8. The molecule has 6 heteroatoms. The predicted molar refractivity (Wildman–Crippen MR) is 95.9 cm³/mol. The number of benzene rings is 2. The standard InChI is InChI=1S/C19H17ClN2O3/c1-12-8-9-13(20)11-16(12)21-17(23)7-4-10-22-18(24)14-5-2-3-6-15(14)19(22)25/h2-3,5-6,8-9,11H,4,7,10H2,1H3,(H,21,23). The van der Waals surface area contributed by atoms with Crippen LogP contribution in [-0.2, 0) is 4.79 Å². The Kier molecular flexibility index (Phi) is 4.86. The van der Waals surface area contributed by atoms with Crippen molar-refractivity contribution in [1.29, 1.82) is 0 Å². The smallest absolute Gasteiger partial charge is 0.261 e. The molecule has 1 aliphatic heterocycles. The Morgan fingerprint density at radius 1 is 1.08 bits per heavy atom. The summed E-state index contributed by atoms with van der Waals surface area (Å²) >= 11 is 5.93. The van der Waals surface area contributed by atoms with Crippen molar-refractivity contribution < 1.29 is 14.4 Å². The number of hydrogen-bond acceptors (Lipinski definition) is 3. The van der Waals surface area contributed by atoms with E-state index in [9.17, 15) is 14.4 Å². The maximum Gasteiger partial charge on any atom is 0.261 e. The zero-order valence-corrected chi connectivity index (χ0v) is 14.5. The minimum atomic E-state index is -0.299. The second kappa shape index (κ2) is 7.07. The van der Waals surface area contributed by atoms with Crippen LogP contribution in [0.4, 0.5) is 5.69 Å². The minimum absolute atomic E-state index is 0.179. The summed E-state index contributed by atoms with van der Waals surface area (Å²) < 4.78 is 0. The number of fused-ring (bicyclic) bond motifs is 1. The first-order valence-corrected chi connectivity index (χ1v) is 8.36. The van der Waals surface area contributed by atoms with Gasteiger partial charge < -0.3 is 5.32 Å². The fourth-order valence-corrected chi connectivity index (χ4v) is 2.95. The average Bonchev–Trinajstić information content (AvgIpc) is 2.83. The third-order valence-corrected chi connectivity index (χ3v) is 4.37. The monoisotopic (exact) mass is 356 g/mol. The van der Waals surface area contributed by atoms with Gasteiger partial charge in [-0.3, -0.25) is 19.3 Å². The van der Waals surface area contributed by atoms with E-state index in [4.69, 9.17) is 11.6 Å². The minimum Gasteiger partial charge on any atom is -0.326 e. The largest absolute Gasteiger partial charge is 0.326 e. The first-order chi connectivity index (χ1) is 12.0. The number of rotatable bonds is 5. The number of nitrogens with one attached hydrogen (secondary N) is 1. The van der Waals surface area contributed by atoms with Crippen LogP contribution in [0.2, 0.25) is 5.02 Å². The Morgan fingerprint density at radius 2 is 1.72 bits per heavy atom. The van der Waals surface area contributed by atoms with Crippen LogP contribution in [0.25, 0.3) is 0 Å². The molecule has 128 valence electrons. The molecule has 25 heavy (non-hydrogen) atoms. The quantitative estimate of drug-likeness (QED) is 0.831. The van der Waals surface area contributed by atoms with Gasteiger partial charge in [-0.05, 0) is 43.2 Å². The van der Waals surface area contributed by atoms with E-state index in [-0.39, 0.29) is 30.7 Å². The molecule has 0 spiro atoms. The van der Waals surface area contributed by atoms with Gasteiger partial charge in [0.1, 0.15) is 0 Å². The zero-order valence-electron chi connectivity index (χ0n) is 13.7. The fraction of sp³-hybridized carbons (Fsp3) is 0.211. The van der Waals surface area contributed by atoms with Crippen molar-refractivity contribution in [3.63, 3.8) is 0 Å². The van der Waals surface area contributed by atoms with Crippen LogP contribution < -0.4 is 5.32 Å². The van der Waals surface area contributed by atoms with Gasteiger partial charge >= 0.3 is 0 Å². The van der Waals surface area contributed by atoms with Crippen LogP contribution in [0.15, 0.2) is 42.5 Å². The number of aryl methyl sites for hydroxylation is 1. The molecule has 3 rings (SSSR count). The Bertz CT molecular complexity index is 828. The molecule has 0 aromatic heterocycles. The second-order valence-electron chi connectivity index (χ2n) is 5.92. The van der Waals surface area contributed by atoms with E-state index in [1.165, 1.54) is 4.90 Å². The second-order valence-corrected chi connectivity index (χ2v) is 6.35. The van der Waals surface area contributed by atoms with Crippen molar-refractivity contribution in [2.45, 2.75) is 19.8 Å². The lowest BCUT2D eigenvalue weighted by molar-refractivity contribution is -0.116. The lowest BCUT2D eigenvalue weighted by Crippen LogP contribution is -2.31. The summed E-state index contributed by atoms with van der Waals surface area (Å²) in [5, 5.41) is 3.35. The maximum absolute atomic E-state index is 12.2. The van der Waals surface area contributed by atoms with E-state index >= 15 is 0 Å². The molecule has 0 unspecified atom stereocenters. The number of amides is 3. The molecular formula is C19H17ClN2O3. The summed E-state index contributed by atoms with van der Waals surface area (Å²) in [5.74, 6) is -0.777. The van der Waals surface area contributed by atoms with E-state index in [2.05, 4.69) is 5.32 Å². The molecule has 1 heterocycles. The summed E-state index contributed by atoms with van der Waals surface area (Å²) in [6, 6.07) is 12.0. The lowest BCUT2D eigenvalue weighted by Gasteiger charge is -2.14. The van der Waals surface area contributed by atoms with E-state index in [1.807, 2.05) is 13.0 Å². The van der Waals surface area contributed by atoms with E-state index in [0.29, 0.717) is 28.3 Å². The molecule has 0 saturated heterocycles. The molecule has 0 bridgehead atoms. The Hall–Kier alpha value is -2.66. The fourth-order valence-electron chi connectivity index (χ4n) is 2.78. The highest BCUT2D eigenvalue weighted by Gasteiger charge is 2.34. The Balaban J connectivity index is 1.55. The lowest BCUT2D eigenvalue weighted by atomic mass is 10.1. The molecule has 0 radical (unpaired) electrons. The molecule has 0 aliphatic carbocycles. The first kappa shape index (κ1) is 17.2. The van der Waals surface area contributed by atoms with Gasteiger partial charge in [-0.15, -0.1) is 0 Å². The number of anilines is 1. The third kappa shape index (κ3) is 3.56.